The average molecular weight is 389 g/mol. The lowest BCUT2D eigenvalue weighted by atomic mass is 10.0. The van der Waals surface area contributed by atoms with Gasteiger partial charge in [0.2, 0.25) is 0 Å². The molecule has 3 nitrogen and oxygen atoms in total. The van der Waals surface area contributed by atoms with E-state index in [4.69, 9.17) is 0 Å². The molecule has 0 aliphatic rings. The standard InChI is InChI=1S/C25H44N2O/c1-2-3-4-5-6-7-8-9-10-11-12-13-14-15-16-17-18-21-26-25-20-19-24(23-28)22-27-25/h19-20,22-23H,2-18,21H2,1H3,(H,26,27). The predicted octanol–water partition coefficient (Wildman–Crippen LogP) is 7.96. The Morgan fingerprint density at radius 3 is 1.57 bits per heavy atom. The number of hydrogen-bond donors (Lipinski definition) is 1. The fraction of sp³-hybridized carbons (Fsp3) is 0.760. The summed E-state index contributed by atoms with van der Waals surface area (Å²) >= 11 is 0. The Labute approximate surface area is 174 Å². The number of nitrogens with one attached hydrogen (secondary N) is 1. The second-order valence-corrected chi connectivity index (χ2v) is 8.18. The number of pyridine rings is 1. The molecule has 0 fully saturated rings. The topological polar surface area (TPSA) is 42.0 Å². The Morgan fingerprint density at radius 2 is 1.18 bits per heavy atom. The summed E-state index contributed by atoms with van der Waals surface area (Å²) in [4.78, 5) is 14.8. The minimum atomic E-state index is 0.628. The van der Waals surface area contributed by atoms with E-state index >= 15 is 0 Å². The largest absolute Gasteiger partial charge is 0.370 e. The Kier molecular flexibility index (Phi) is 16.7. The second kappa shape index (κ2) is 19.0. The molecule has 0 saturated heterocycles. The van der Waals surface area contributed by atoms with Gasteiger partial charge >= 0.3 is 0 Å². The van der Waals surface area contributed by atoms with Gasteiger partial charge in [-0.15, -0.1) is 0 Å². The zero-order chi connectivity index (χ0) is 20.1. The van der Waals surface area contributed by atoms with E-state index in [2.05, 4.69) is 17.2 Å². The lowest BCUT2D eigenvalue weighted by Crippen LogP contribution is -2.03. The molecule has 1 aromatic heterocycles. The lowest BCUT2D eigenvalue weighted by molar-refractivity contribution is 0.112. The number of anilines is 1. The number of unbranched alkanes of at least 4 members (excludes halogenated alkanes) is 16. The average Bonchev–Trinajstić information content (AvgIpc) is 2.73. The molecule has 0 atom stereocenters. The maximum absolute atomic E-state index is 10.6. The van der Waals surface area contributed by atoms with Gasteiger partial charge < -0.3 is 5.32 Å². The molecule has 0 aliphatic carbocycles. The molecule has 0 aromatic carbocycles. The molecule has 0 amide bonds. The number of hydrogen-bond acceptors (Lipinski definition) is 3. The van der Waals surface area contributed by atoms with Gasteiger partial charge in [0, 0.05) is 18.3 Å². The third-order valence-corrected chi connectivity index (χ3v) is 5.51. The van der Waals surface area contributed by atoms with Crippen molar-refractivity contribution in [1.29, 1.82) is 0 Å². The number of rotatable bonds is 20. The summed E-state index contributed by atoms with van der Waals surface area (Å²) in [5.41, 5.74) is 0.628. The van der Waals surface area contributed by atoms with Crippen LogP contribution in [0, 0.1) is 0 Å². The molecule has 3 heteroatoms. The molecule has 28 heavy (non-hydrogen) atoms. The van der Waals surface area contributed by atoms with Crippen molar-refractivity contribution in [3.05, 3.63) is 23.9 Å². The van der Waals surface area contributed by atoms with Crippen LogP contribution in [0.1, 0.15) is 126 Å². The van der Waals surface area contributed by atoms with Gasteiger partial charge in [-0.3, -0.25) is 4.79 Å². The minimum Gasteiger partial charge on any atom is -0.370 e. The van der Waals surface area contributed by atoms with Crippen LogP contribution in [0.3, 0.4) is 0 Å². The van der Waals surface area contributed by atoms with Gasteiger partial charge in [-0.05, 0) is 18.6 Å². The first kappa shape index (κ1) is 24.7. The monoisotopic (exact) mass is 388 g/mol. The van der Waals surface area contributed by atoms with E-state index in [0.717, 1.165) is 18.6 Å². The van der Waals surface area contributed by atoms with Gasteiger partial charge in [-0.2, -0.15) is 0 Å². The summed E-state index contributed by atoms with van der Waals surface area (Å²) < 4.78 is 0. The highest BCUT2D eigenvalue weighted by molar-refractivity contribution is 5.74. The molecule has 160 valence electrons. The van der Waals surface area contributed by atoms with Gasteiger partial charge in [0.1, 0.15) is 5.82 Å². The maximum atomic E-state index is 10.6. The first-order chi connectivity index (χ1) is 13.9. The van der Waals surface area contributed by atoms with Crippen LogP contribution < -0.4 is 5.32 Å². The number of carbonyl (C=O) groups is 1. The summed E-state index contributed by atoms with van der Waals surface area (Å²) in [6.45, 7) is 3.25. The highest BCUT2D eigenvalue weighted by Crippen LogP contribution is 2.14. The summed E-state index contributed by atoms with van der Waals surface area (Å²) in [6.07, 6.45) is 26.3. The Balaban J connectivity index is 1.74. The predicted molar refractivity (Wildman–Crippen MR) is 122 cm³/mol. The summed E-state index contributed by atoms with van der Waals surface area (Å²) in [5, 5.41) is 3.32. The van der Waals surface area contributed by atoms with Crippen LogP contribution in [0.25, 0.3) is 0 Å². The molecule has 1 rings (SSSR count). The zero-order valence-corrected chi connectivity index (χ0v) is 18.4. The highest BCUT2D eigenvalue weighted by atomic mass is 16.1. The van der Waals surface area contributed by atoms with Crippen molar-refractivity contribution < 1.29 is 4.79 Å². The maximum Gasteiger partial charge on any atom is 0.151 e. The van der Waals surface area contributed by atoms with Gasteiger partial charge in [-0.25, -0.2) is 4.98 Å². The quantitative estimate of drug-likeness (QED) is 0.182. The minimum absolute atomic E-state index is 0.628. The Morgan fingerprint density at radius 1 is 0.714 bits per heavy atom. The van der Waals surface area contributed by atoms with Crippen molar-refractivity contribution in [1.82, 2.24) is 4.98 Å². The Hall–Kier alpha value is -1.38. The van der Waals surface area contributed by atoms with Crippen molar-refractivity contribution >= 4 is 12.1 Å². The van der Waals surface area contributed by atoms with E-state index in [1.807, 2.05) is 6.07 Å². The van der Waals surface area contributed by atoms with E-state index in [-0.39, 0.29) is 0 Å². The third kappa shape index (κ3) is 14.6. The van der Waals surface area contributed by atoms with Crippen molar-refractivity contribution in [2.45, 2.75) is 116 Å². The number of aldehydes is 1. The van der Waals surface area contributed by atoms with Crippen LogP contribution in [-0.4, -0.2) is 17.8 Å². The Bertz CT molecular complexity index is 458. The molecule has 0 spiro atoms. The van der Waals surface area contributed by atoms with Crippen LogP contribution in [-0.2, 0) is 0 Å². The molecule has 0 unspecified atom stereocenters. The van der Waals surface area contributed by atoms with Gasteiger partial charge in [0.15, 0.2) is 6.29 Å². The molecule has 1 heterocycles. The van der Waals surface area contributed by atoms with E-state index in [9.17, 15) is 4.79 Å². The fourth-order valence-corrected chi connectivity index (χ4v) is 3.65. The lowest BCUT2D eigenvalue weighted by Gasteiger charge is -2.06. The fourth-order valence-electron chi connectivity index (χ4n) is 3.65. The van der Waals surface area contributed by atoms with Crippen molar-refractivity contribution in [2.75, 3.05) is 11.9 Å². The first-order valence-corrected chi connectivity index (χ1v) is 12.0. The molecule has 0 aliphatic heterocycles. The van der Waals surface area contributed by atoms with Gasteiger partial charge in [-0.1, -0.05) is 110 Å². The van der Waals surface area contributed by atoms with Crippen LogP contribution >= 0.6 is 0 Å². The number of aromatic nitrogens is 1. The van der Waals surface area contributed by atoms with Crippen molar-refractivity contribution in [3.8, 4) is 0 Å². The second-order valence-electron chi connectivity index (χ2n) is 8.18. The van der Waals surface area contributed by atoms with E-state index in [0.29, 0.717) is 5.56 Å². The number of nitrogens with zero attached hydrogens (tertiary/aromatic N) is 1. The third-order valence-electron chi connectivity index (χ3n) is 5.51. The summed E-state index contributed by atoms with van der Waals surface area (Å²) in [7, 11) is 0. The highest BCUT2D eigenvalue weighted by Gasteiger charge is 1.96. The molecule has 1 aromatic rings. The summed E-state index contributed by atoms with van der Waals surface area (Å²) in [6, 6.07) is 3.67. The van der Waals surface area contributed by atoms with E-state index in [1.54, 1.807) is 12.3 Å². The van der Waals surface area contributed by atoms with Crippen LogP contribution in [0.15, 0.2) is 18.3 Å². The van der Waals surface area contributed by atoms with E-state index < -0.39 is 0 Å². The van der Waals surface area contributed by atoms with Crippen molar-refractivity contribution in [3.63, 3.8) is 0 Å². The molecule has 0 bridgehead atoms. The van der Waals surface area contributed by atoms with Crippen LogP contribution in [0.5, 0.6) is 0 Å². The molecule has 0 radical (unpaired) electrons. The molecule has 1 N–H and O–H groups in total. The molecule has 0 saturated carbocycles. The van der Waals surface area contributed by atoms with Crippen molar-refractivity contribution in [2.24, 2.45) is 0 Å². The normalized spacial score (nSPS) is 10.9. The van der Waals surface area contributed by atoms with E-state index in [1.165, 1.54) is 109 Å². The smallest absolute Gasteiger partial charge is 0.151 e. The van der Waals surface area contributed by atoms with Gasteiger partial charge in [0.25, 0.3) is 0 Å². The van der Waals surface area contributed by atoms with Gasteiger partial charge in [0.05, 0.1) is 0 Å². The first-order valence-electron chi connectivity index (χ1n) is 12.0. The zero-order valence-electron chi connectivity index (χ0n) is 18.4. The van der Waals surface area contributed by atoms with Crippen LogP contribution in [0.4, 0.5) is 5.82 Å². The van der Waals surface area contributed by atoms with Crippen LogP contribution in [0.2, 0.25) is 0 Å². The molecular weight excluding hydrogens is 344 g/mol. The SMILES string of the molecule is CCCCCCCCCCCCCCCCCCCNc1ccc(C=O)cn1. The summed E-state index contributed by atoms with van der Waals surface area (Å²) in [5.74, 6) is 0.863. The molecular formula is C25H44N2O. The number of carbonyl (C=O) groups excluding carboxylic acids is 1.